The van der Waals surface area contributed by atoms with Crippen molar-refractivity contribution in [1.82, 2.24) is 4.90 Å². The lowest BCUT2D eigenvalue weighted by Gasteiger charge is -2.35. The molecule has 0 radical (unpaired) electrons. The Morgan fingerprint density at radius 2 is 1.71 bits per heavy atom. The molecular formula is C30H26N2O6. The molecule has 1 aromatic heterocycles. The topological polar surface area (TPSA) is 97.1 Å². The lowest BCUT2D eigenvalue weighted by molar-refractivity contribution is -0.123. The number of nitrogens with zero attached hydrogens (tertiary/aromatic N) is 2. The van der Waals surface area contributed by atoms with Crippen LogP contribution in [0.2, 0.25) is 0 Å². The summed E-state index contributed by atoms with van der Waals surface area (Å²) in [4.78, 5) is 56.8. The van der Waals surface area contributed by atoms with Crippen LogP contribution in [0, 0.1) is 11.8 Å². The van der Waals surface area contributed by atoms with Gasteiger partial charge in [0.25, 0.3) is 0 Å². The van der Waals surface area contributed by atoms with Crippen LogP contribution in [-0.2, 0) is 14.3 Å². The molecule has 2 fully saturated rings. The summed E-state index contributed by atoms with van der Waals surface area (Å²) in [5, 5.41) is 0. The zero-order valence-corrected chi connectivity index (χ0v) is 20.8. The summed E-state index contributed by atoms with van der Waals surface area (Å²) < 4.78 is 10.7. The fourth-order valence-electron chi connectivity index (χ4n) is 5.82. The molecule has 0 N–H and O–H groups in total. The molecule has 0 spiro atoms. The fourth-order valence-corrected chi connectivity index (χ4v) is 5.82. The number of unbranched alkanes of at least 4 members (excludes halogenated alkanes) is 1. The van der Waals surface area contributed by atoms with Crippen molar-refractivity contribution in [2.45, 2.75) is 31.8 Å². The Kier molecular flexibility index (Phi) is 5.94. The number of hydrogen-bond acceptors (Lipinski definition) is 7. The first-order valence-corrected chi connectivity index (χ1v) is 12.8. The zero-order valence-electron chi connectivity index (χ0n) is 20.8. The van der Waals surface area contributed by atoms with Crippen molar-refractivity contribution in [3.8, 4) is 0 Å². The largest absolute Gasteiger partial charge is 0.462 e. The number of fused-ring (bicyclic) bond motifs is 5. The first-order chi connectivity index (χ1) is 18.5. The number of ketones is 1. The van der Waals surface area contributed by atoms with E-state index in [1.807, 2.05) is 42.2 Å². The molecule has 2 amide bonds. The number of esters is 1. The molecule has 8 heteroatoms. The summed E-state index contributed by atoms with van der Waals surface area (Å²) >= 11 is 0. The van der Waals surface area contributed by atoms with E-state index in [-0.39, 0.29) is 17.5 Å². The minimum absolute atomic E-state index is 0.145. The molecule has 8 nitrogen and oxygen atoms in total. The Morgan fingerprint density at radius 1 is 0.947 bits per heavy atom. The van der Waals surface area contributed by atoms with E-state index in [0.29, 0.717) is 17.9 Å². The predicted octanol–water partition coefficient (Wildman–Crippen LogP) is 4.63. The number of amides is 2. The number of hydrogen-bond donors (Lipinski definition) is 0. The fraction of sp³-hybridized carbons (Fsp3) is 0.267. The number of Topliss-reactive ketones (excluding diaryl/α,β-unsaturated/α-hetero) is 1. The van der Waals surface area contributed by atoms with Crippen molar-refractivity contribution in [1.29, 1.82) is 0 Å². The number of rotatable bonds is 7. The Balaban J connectivity index is 1.36. The summed E-state index contributed by atoms with van der Waals surface area (Å²) in [5.74, 6) is -3.10. The third kappa shape index (κ3) is 3.67. The maximum atomic E-state index is 13.9. The number of imide groups is 1. The standard InChI is InChI=1S/C30H26N2O6/c1-2-3-16-38-30(36)19-10-12-20(13-11-19)32-28(34)23-24(29(32)35)26(27(33)22-9-6-17-37-22)31-15-14-18-7-4-5-8-21(18)25(23)31/h4-15,17,23-26H,2-3,16H2,1H3/t23-,24+,25?,26-/m0/s1. The van der Waals surface area contributed by atoms with Crippen LogP contribution in [0.15, 0.2) is 77.5 Å². The van der Waals surface area contributed by atoms with Crippen molar-refractivity contribution in [3.63, 3.8) is 0 Å². The van der Waals surface area contributed by atoms with Gasteiger partial charge in [0.2, 0.25) is 17.6 Å². The number of furan rings is 1. The summed E-state index contributed by atoms with van der Waals surface area (Å²) in [5.41, 5.74) is 2.54. The lowest BCUT2D eigenvalue weighted by Crippen LogP contribution is -2.44. The van der Waals surface area contributed by atoms with E-state index >= 15 is 0 Å². The van der Waals surface area contributed by atoms with Gasteiger partial charge < -0.3 is 14.1 Å². The molecule has 38 heavy (non-hydrogen) atoms. The normalized spacial score (nSPS) is 23.3. The molecule has 0 aliphatic carbocycles. The van der Waals surface area contributed by atoms with Crippen molar-refractivity contribution in [3.05, 3.63) is 95.6 Å². The van der Waals surface area contributed by atoms with E-state index in [0.717, 1.165) is 28.9 Å². The van der Waals surface area contributed by atoms with Gasteiger partial charge in [0.1, 0.15) is 6.04 Å². The second kappa shape index (κ2) is 9.45. The van der Waals surface area contributed by atoms with Gasteiger partial charge in [-0.05, 0) is 60.0 Å². The van der Waals surface area contributed by atoms with Crippen LogP contribution in [0.1, 0.15) is 57.8 Å². The molecular weight excluding hydrogens is 484 g/mol. The second-order valence-corrected chi connectivity index (χ2v) is 9.72. The van der Waals surface area contributed by atoms with Crippen LogP contribution in [0.5, 0.6) is 0 Å². The molecule has 192 valence electrons. The SMILES string of the molecule is CCCCOC(=O)c1ccc(N2C(=O)[C@@H]3[C@H](C2=O)C2c4ccccc4C=CN2[C@@H]3C(=O)c2ccco2)cc1. The maximum absolute atomic E-state index is 13.9. The first-order valence-electron chi connectivity index (χ1n) is 12.8. The zero-order chi connectivity index (χ0) is 26.4. The Bertz CT molecular complexity index is 1440. The quantitative estimate of drug-likeness (QED) is 0.198. The van der Waals surface area contributed by atoms with Gasteiger partial charge in [0, 0.05) is 6.20 Å². The number of benzene rings is 2. The van der Waals surface area contributed by atoms with E-state index in [4.69, 9.17) is 9.15 Å². The second-order valence-electron chi connectivity index (χ2n) is 9.72. The number of anilines is 1. The lowest BCUT2D eigenvalue weighted by atomic mass is 9.84. The number of ether oxygens (including phenoxy) is 1. The van der Waals surface area contributed by atoms with Crippen LogP contribution in [0.3, 0.4) is 0 Å². The van der Waals surface area contributed by atoms with Gasteiger partial charge >= 0.3 is 5.97 Å². The van der Waals surface area contributed by atoms with Gasteiger partial charge in [0.05, 0.1) is 42.0 Å². The van der Waals surface area contributed by atoms with Crippen molar-refractivity contribution < 1.29 is 28.3 Å². The highest BCUT2D eigenvalue weighted by atomic mass is 16.5. The molecule has 3 aliphatic rings. The summed E-state index contributed by atoms with van der Waals surface area (Å²) in [6, 6.07) is 15.8. The molecule has 4 atom stereocenters. The molecule has 4 heterocycles. The summed E-state index contributed by atoms with van der Waals surface area (Å²) in [6.07, 6.45) is 6.82. The smallest absolute Gasteiger partial charge is 0.338 e. The predicted molar refractivity (Wildman–Crippen MR) is 138 cm³/mol. The van der Waals surface area contributed by atoms with E-state index < -0.39 is 35.8 Å². The summed E-state index contributed by atoms with van der Waals surface area (Å²) in [7, 11) is 0. The van der Waals surface area contributed by atoms with Crippen molar-refractivity contribution in [2.75, 3.05) is 11.5 Å². The van der Waals surface area contributed by atoms with E-state index in [9.17, 15) is 19.2 Å². The highest BCUT2D eigenvalue weighted by Gasteiger charge is 2.64. The molecule has 2 saturated heterocycles. The van der Waals surface area contributed by atoms with Crippen LogP contribution in [0.4, 0.5) is 5.69 Å². The van der Waals surface area contributed by atoms with Crippen molar-refractivity contribution >= 4 is 35.3 Å². The molecule has 0 bridgehead atoms. The van der Waals surface area contributed by atoms with Crippen molar-refractivity contribution in [2.24, 2.45) is 11.8 Å². The van der Waals surface area contributed by atoms with Crippen LogP contribution >= 0.6 is 0 Å². The highest BCUT2D eigenvalue weighted by Crippen LogP contribution is 2.53. The molecule has 2 aromatic carbocycles. The average molecular weight is 511 g/mol. The number of carbonyl (C=O) groups is 4. The van der Waals surface area contributed by atoms with E-state index in [1.165, 1.54) is 6.26 Å². The van der Waals surface area contributed by atoms with Crippen LogP contribution in [-0.4, -0.2) is 41.1 Å². The Hall–Kier alpha value is -4.46. The van der Waals surface area contributed by atoms with E-state index in [1.54, 1.807) is 42.6 Å². The third-order valence-electron chi connectivity index (χ3n) is 7.59. The average Bonchev–Trinajstić information content (AvgIpc) is 3.65. The van der Waals surface area contributed by atoms with Crippen LogP contribution < -0.4 is 4.90 Å². The minimum atomic E-state index is -0.893. The highest BCUT2D eigenvalue weighted by molar-refractivity contribution is 6.24. The Morgan fingerprint density at radius 3 is 2.45 bits per heavy atom. The van der Waals surface area contributed by atoms with Crippen LogP contribution in [0.25, 0.3) is 6.08 Å². The first kappa shape index (κ1) is 23.9. The number of carbonyl (C=O) groups excluding carboxylic acids is 4. The van der Waals surface area contributed by atoms with Gasteiger partial charge in [-0.1, -0.05) is 37.6 Å². The molecule has 0 saturated carbocycles. The van der Waals surface area contributed by atoms with E-state index in [2.05, 4.69) is 0 Å². The molecule has 6 rings (SSSR count). The maximum Gasteiger partial charge on any atom is 0.338 e. The summed E-state index contributed by atoms with van der Waals surface area (Å²) in [6.45, 7) is 2.35. The van der Waals surface area contributed by atoms with Gasteiger partial charge in [-0.25, -0.2) is 9.69 Å². The molecule has 3 aromatic rings. The molecule has 3 aliphatic heterocycles. The third-order valence-corrected chi connectivity index (χ3v) is 7.59. The van der Waals surface area contributed by atoms with Gasteiger partial charge in [-0.3, -0.25) is 14.4 Å². The molecule has 1 unspecified atom stereocenters. The van der Waals surface area contributed by atoms with Gasteiger partial charge in [-0.2, -0.15) is 0 Å². The van der Waals surface area contributed by atoms with Gasteiger partial charge in [-0.15, -0.1) is 0 Å². The Labute approximate surface area is 219 Å². The van der Waals surface area contributed by atoms with Gasteiger partial charge in [0.15, 0.2) is 5.76 Å². The monoisotopic (exact) mass is 510 g/mol. The minimum Gasteiger partial charge on any atom is -0.462 e.